The second kappa shape index (κ2) is 8.82. The van der Waals surface area contributed by atoms with Gasteiger partial charge in [0.15, 0.2) is 0 Å². The zero-order valence-corrected chi connectivity index (χ0v) is 19.0. The normalized spacial score (nSPS) is 15.1. The molecule has 4 rings (SSSR count). The Balaban J connectivity index is 1.47. The maximum absolute atomic E-state index is 12.9. The van der Waals surface area contributed by atoms with Gasteiger partial charge >= 0.3 is 0 Å². The fraction of sp³-hybridized carbons (Fsp3) is 0.273. The Hall–Kier alpha value is -2.68. The summed E-state index contributed by atoms with van der Waals surface area (Å²) in [6, 6.07) is 16.3. The van der Waals surface area contributed by atoms with Crippen LogP contribution in [0.4, 0.5) is 17.5 Å². The van der Waals surface area contributed by atoms with E-state index in [0.717, 1.165) is 11.4 Å². The molecule has 31 heavy (non-hydrogen) atoms. The molecule has 1 aliphatic heterocycles. The molecule has 0 saturated carbocycles. The van der Waals surface area contributed by atoms with Gasteiger partial charge in [0.2, 0.25) is 16.0 Å². The molecule has 1 saturated heterocycles. The van der Waals surface area contributed by atoms with Crippen LogP contribution in [0.2, 0.25) is 5.02 Å². The second-order valence-electron chi connectivity index (χ2n) is 7.53. The molecule has 162 valence electrons. The molecule has 0 bridgehead atoms. The van der Waals surface area contributed by atoms with E-state index < -0.39 is 10.0 Å². The first-order valence-electron chi connectivity index (χ1n) is 10.0. The lowest BCUT2D eigenvalue weighted by molar-refractivity contribution is 0.382. The van der Waals surface area contributed by atoms with E-state index in [4.69, 9.17) is 11.6 Å². The molecule has 1 N–H and O–H groups in total. The van der Waals surface area contributed by atoms with Crippen molar-refractivity contribution in [1.29, 1.82) is 0 Å². The van der Waals surface area contributed by atoms with Crippen molar-refractivity contribution in [3.05, 3.63) is 70.9 Å². The molecular formula is C22H24ClN5O2S. The maximum Gasteiger partial charge on any atom is 0.243 e. The summed E-state index contributed by atoms with van der Waals surface area (Å²) in [5.41, 5.74) is 2.98. The molecule has 0 radical (unpaired) electrons. The fourth-order valence-corrected chi connectivity index (χ4v) is 5.17. The third-order valence-corrected chi connectivity index (χ3v) is 7.25. The summed E-state index contributed by atoms with van der Waals surface area (Å²) in [6.45, 7) is 5.69. The molecule has 2 heterocycles. The van der Waals surface area contributed by atoms with Crippen LogP contribution < -0.4 is 10.2 Å². The quantitative estimate of drug-likeness (QED) is 0.623. The van der Waals surface area contributed by atoms with E-state index in [1.165, 1.54) is 15.9 Å². The van der Waals surface area contributed by atoms with Gasteiger partial charge in [-0.25, -0.2) is 13.4 Å². The van der Waals surface area contributed by atoms with E-state index in [1.807, 2.05) is 49.1 Å². The number of aryl methyl sites for hydroxylation is 2. The summed E-state index contributed by atoms with van der Waals surface area (Å²) in [6.07, 6.45) is 0. The first-order chi connectivity index (χ1) is 14.8. The number of piperazine rings is 1. The van der Waals surface area contributed by atoms with Gasteiger partial charge in [-0.3, -0.25) is 0 Å². The highest BCUT2D eigenvalue weighted by Crippen LogP contribution is 2.23. The van der Waals surface area contributed by atoms with Crippen LogP contribution in [0.5, 0.6) is 0 Å². The SMILES string of the molecule is Cc1ccc(Nc2cc(C)nc(N3CCN(S(=O)(=O)c4cccc(Cl)c4)CC3)n2)cc1. The van der Waals surface area contributed by atoms with Crippen LogP contribution in [-0.2, 0) is 10.0 Å². The fourth-order valence-electron chi connectivity index (χ4n) is 3.45. The molecule has 0 aliphatic carbocycles. The van der Waals surface area contributed by atoms with Crippen LogP contribution in [-0.4, -0.2) is 48.9 Å². The van der Waals surface area contributed by atoms with E-state index in [0.29, 0.717) is 43.0 Å². The van der Waals surface area contributed by atoms with Crippen LogP contribution in [0.1, 0.15) is 11.3 Å². The van der Waals surface area contributed by atoms with Crippen molar-refractivity contribution in [2.45, 2.75) is 18.7 Å². The lowest BCUT2D eigenvalue weighted by atomic mass is 10.2. The van der Waals surface area contributed by atoms with Gasteiger partial charge in [0.05, 0.1) is 4.90 Å². The molecule has 0 unspecified atom stereocenters. The van der Waals surface area contributed by atoms with Crippen molar-refractivity contribution < 1.29 is 8.42 Å². The van der Waals surface area contributed by atoms with Crippen molar-refractivity contribution in [3.63, 3.8) is 0 Å². The summed E-state index contributed by atoms with van der Waals surface area (Å²) in [5, 5.41) is 3.72. The number of halogens is 1. The standard InChI is InChI=1S/C22H24ClN5O2S/c1-16-6-8-19(9-7-16)25-21-14-17(2)24-22(26-21)27-10-12-28(13-11-27)31(29,30)20-5-3-4-18(23)15-20/h3-9,14-15H,10-13H2,1-2H3,(H,24,25,26). The van der Waals surface area contributed by atoms with Crippen molar-refractivity contribution in [2.24, 2.45) is 0 Å². The molecule has 7 nitrogen and oxygen atoms in total. The third-order valence-electron chi connectivity index (χ3n) is 5.12. The summed E-state index contributed by atoms with van der Waals surface area (Å²) in [7, 11) is -3.58. The molecule has 0 amide bonds. The number of hydrogen-bond acceptors (Lipinski definition) is 6. The summed E-state index contributed by atoms with van der Waals surface area (Å²) < 4.78 is 27.3. The van der Waals surface area contributed by atoms with Gasteiger partial charge in [-0.2, -0.15) is 9.29 Å². The molecule has 1 aliphatic rings. The lowest BCUT2D eigenvalue weighted by Crippen LogP contribution is -2.49. The summed E-state index contributed by atoms with van der Waals surface area (Å²) in [5.74, 6) is 1.30. The monoisotopic (exact) mass is 457 g/mol. The van der Waals surface area contributed by atoms with Gasteiger partial charge in [-0.15, -0.1) is 0 Å². The molecule has 3 aromatic rings. The lowest BCUT2D eigenvalue weighted by Gasteiger charge is -2.34. The van der Waals surface area contributed by atoms with Gasteiger partial charge in [0.1, 0.15) is 5.82 Å². The molecule has 1 fully saturated rings. The Morgan fingerprint density at radius 3 is 2.32 bits per heavy atom. The number of aromatic nitrogens is 2. The van der Waals surface area contributed by atoms with Crippen molar-refractivity contribution >= 4 is 39.1 Å². The van der Waals surface area contributed by atoms with Gasteiger partial charge in [0, 0.05) is 48.6 Å². The highest BCUT2D eigenvalue weighted by atomic mass is 35.5. The minimum Gasteiger partial charge on any atom is -0.340 e. The second-order valence-corrected chi connectivity index (χ2v) is 9.91. The topological polar surface area (TPSA) is 78.4 Å². The van der Waals surface area contributed by atoms with Gasteiger partial charge in [0.25, 0.3) is 0 Å². The number of hydrogen-bond donors (Lipinski definition) is 1. The number of rotatable bonds is 5. The number of sulfonamides is 1. The van der Waals surface area contributed by atoms with Gasteiger partial charge in [-0.1, -0.05) is 35.4 Å². The number of nitrogens with zero attached hydrogens (tertiary/aromatic N) is 4. The van der Waals surface area contributed by atoms with Crippen LogP contribution in [0.25, 0.3) is 0 Å². The van der Waals surface area contributed by atoms with E-state index >= 15 is 0 Å². The van der Waals surface area contributed by atoms with Crippen LogP contribution in [0.3, 0.4) is 0 Å². The Labute approximate surface area is 187 Å². The van der Waals surface area contributed by atoms with E-state index in [-0.39, 0.29) is 4.90 Å². The van der Waals surface area contributed by atoms with E-state index in [9.17, 15) is 8.42 Å². The number of anilines is 3. The molecule has 2 aromatic carbocycles. The first-order valence-corrected chi connectivity index (χ1v) is 11.8. The highest BCUT2D eigenvalue weighted by Gasteiger charge is 2.29. The minimum absolute atomic E-state index is 0.213. The average molecular weight is 458 g/mol. The van der Waals surface area contributed by atoms with Crippen LogP contribution in [0.15, 0.2) is 59.5 Å². The van der Waals surface area contributed by atoms with Crippen molar-refractivity contribution in [1.82, 2.24) is 14.3 Å². The molecule has 0 atom stereocenters. The Morgan fingerprint density at radius 2 is 1.65 bits per heavy atom. The Morgan fingerprint density at radius 1 is 0.935 bits per heavy atom. The van der Waals surface area contributed by atoms with Crippen molar-refractivity contribution in [2.75, 3.05) is 36.4 Å². The first kappa shape index (κ1) is 21.5. The Kier molecular flexibility index (Phi) is 6.13. The molecule has 9 heteroatoms. The Bertz CT molecular complexity index is 1180. The zero-order valence-electron chi connectivity index (χ0n) is 17.4. The third kappa shape index (κ3) is 4.98. The van der Waals surface area contributed by atoms with E-state index in [1.54, 1.807) is 18.2 Å². The largest absolute Gasteiger partial charge is 0.340 e. The predicted octanol–water partition coefficient (Wildman–Crippen LogP) is 4.00. The van der Waals surface area contributed by atoms with Gasteiger partial charge in [-0.05, 0) is 44.2 Å². The summed E-state index contributed by atoms with van der Waals surface area (Å²) in [4.78, 5) is 11.4. The highest BCUT2D eigenvalue weighted by molar-refractivity contribution is 7.89. The van der Waals surface area contributed by atoms with Gasteiger partial charge < -0.3 is 10.2 Å². The minimum atomic E-state index is -3.58. The zero-order chi connectivity index (χ0) is 22.0. The van der Waals surface area contributed by atoms with Crippen LogP contribution >= 0.6 is 11.6 Å². The number of benzene rings is 2. The molecular weight excluding hydrogens is 434 g/mol. The van der Waals surface area contributed by atoms with Crippen LogP contribution in [0, 0.1) is 13.8 Å². The molecule has 0 spiro atoms. The number of nitrogens with one attached hydrogen (secondary N) is 1. The average Bonchev–Trinajstić information content (AvgIpc) is 2.75. The maximum atomic E-state index is 12.9. The smallest absolute Gasteiger partial charge is 0.243 e. The van der Waals surface area contributed by atoms with Crippen molar-refractivity contribution in [3.8, 4) is 0 Å². The summed E-state index contributed by atoms with van der Waals surface area (Å²) >= 11 is 5.97. The van der Waals surface area contributed by atoms with E-state index in [2.05, 4.69) is 15.3 Å². The predicted molar refractivity (Wildman–Crippen MR) is 124 cm³/mol. The molecule has 1 aromatic heterocycles.